The summed E-state index contributed by atoms with van der Waals surface area (Å²) in [6, 6.07) is 75.1. The van der Waals surface area contributed by atoms with Crippen molar-refractivity contribution < 1.29 is 0 Å². The summed E-state index contributed by atoms with van der Waals surface area (Å²) in [5.74, 6) is 0. The number of aromatic nitrogens is 1. The van der Waals surface area contributed by atoms with Gasteiger partial charge < -0.3 is 9.47 Å². The van der Waals surface area contributed by atoms with E-state index >= 15 is 0 Å². The zero-order chi connectivity index (χ0) is 36.3. The minimum Gasteiger partial charge on any atom is -0.311 e. The number of thiophene rings is 1. The van der Waals surface area contributed by atoms with Gasteiger partial charge in [0.25, 0.3) is 0 Å². The molecule has 0 bridgehead atoms. The Morgan fingerprint density at radius 3 is 1.64 bits per heavy atom. The van der Waals surface area contributed by atoms with Gasteiger partial charge in [0, 0.05) is 59.1 Å². The van der Waals surface area contributed by atoms with Crippen LogP contribution in [0.2, 0.25) is 0 Å². The molecule has 2 aromatic heterocycles. The van der Waals surface area contributed by atoms with E-state index in [2.05, 4.69) is 216 Å². The summed E-state index contributed by atoms with van der Waals surface area (Å²) in [4.78, 5) is 2.34. The molecule has 0 atom stereocenters. The van der Waals surface area contributed by atoms with Crippen molar-refractivity contribution in [2.75, 3.05) is 4.90 Å². The molecule has 11 rings (SSSR count). The van der Waals surface area contributed by atoms with Crippen molar-refractivity contribution in [2.45, 2.75) is 0 Å². The number of fused-ring (bicyclic) bond motifs is 8. The molecule has 0 saturated heterocycles. The second kappa shape index (κ2) is 12.9. The fourth-order valence-electron chi connectivity index (χ4n) is 8.34. The van der Waals surface area contributed by atoms with E-state index in [1.807, 2.05) is 11.3 Å². The van der Waals surface area contributed by atoms with Crippen LogP contribution in [0.3, 0.4) is 0 Å². The molecule has 0 aliphatic carbocycles. The summed E-state index contributed by atoms with van der Waals surface area (Å²) in [6.45, 7) is 0. The molecule has 2 nitrogen and oxygen atoms in total. The van der Waals surface area contributed by atoms with Crippen LogP contribution in [-0.4, -0.2) is 4.57 Å². The lowest BCUT2D eigenvalue weighted by Crippen LogP contribution is -2.09. The van der Waals surface area contributed by atoms with E-state index in [1.165, 1.54) is 75.0 Å². The van der Waals surface area contributed by atoms with Gasteiger partial charge in [-0.15, -0.1) is 11.3 Å². The Morgan fingerprint density at radius 2 is 0.891 bits per heavy atom. The first-order chi connectivity index (χ1) is 27.3. The molecule has 0 N–H and O–H groups in total. The van der Waals surface area contributed by atoms with E-state index in [9.17, 15) is 0 Å². The largest absolute Gasteiger partial charge is 0.311 e. The summed E-state index contributed by atoms with van der Waals surface area (Å²) in [7, 11) is 0. The van der Waals surface area contributed by atoms with Crippen LogP contribution < -0.4 is 4.90 Å². The minimum absolute atomic E-state index is 1.11. The molecule has 0 aliphatic rings. The SMILES string of the molecule is c1ccc(N(c2ccc(-c3ccc4sc5ccccc5c4c3)cc2)c2ccc(-c3ccc4c5ccc6ccccc6c5n(-c5ccccc5)c4c3)cc2)cc1. The summed E-state index contributed by atoms with van der Waals surface area (Å²) in [6.07, 6.45) is 0. The normalized spacial score (nSPS) is 11.6. The zero-order valence-corrected chi connectivity index (χ0v) is 30.7. The van der Waals surface area contributed by atoms with Crippen LogP contribution in [0.25, 0.3) is 80.7 Å². The average molecular weight is 719 g/mol. The van der Waals surface area contributed by atoms with Crippen molar-refractivity contribution in [2.24, 2.45) is 0 Å². The molecule has 258 valence electrons. The highest BCUT2D eigenvalue weighted by Crippen LogP contribution is 2.41. The van der Waals surface area contributed by atoms with Crippen molar-refractivity contribution in [3.63, 3.8) is 0 Å². The number of rotatable bonds is 6. The monoisotopic (exact) mass is 718 g/mol. The Labute approximate surface area is 323 Å². The second-order valence-corrected chi connectivity index (χ2v) is 15.2. The molecular formula is C52H34N2S. The van der Waals surface area contributed by atoms with E-state index in [0.717, 1.165) is 22.7 Å². The third-order valence-electron chi connectivity index (χ3n) is 11.0. The lowest BCUT2D eigenvalue weighted by molar-refractivity contribution is 1.19. The molecule has 3 heteroatoms. The highest BCUT2D eigenvalue weighted by atomic mass is 32.1. The van der Waals surface area contributed by atoms with Crippen LogP contribution in [0.1, 0.15) is 0 Å². The highest BCUT2D eigenvalue weighted by Gasteiger charge is 2.17. The van der Waals surface area contributed by atoms with Crippen LogP contribution >= 0.6 is 11.3 Å². The summed E-state index contributed by atoms with van der Waals surface area (Å²) >= 11 is 1.86. The number of hydrogen-bond acceptors (Lipinski definition) is 2. The third kappa shape index (κ3) is 5.32. The van der Waals surface area contributed by atoms with Gasteiger partial charge in [0.05, 0.1) is 11.0 Å². The first-order valence-electron chi connectivity index (χ1n) is 18.8. The van der Waals surface area contributed by atoms with Crippen molar-refractivity contribution in [3.8, 4) is 27.9 Å². The molecule has 0 amide bonds. The molecule has 55 heavy (non-hydrogen) atoms. The zero-order valence-electron chi connectivity index (χ0n) is 29.9. The first-order valence-corrected chi connectivity index (χ1v) is 19.6. The minimum atomic E-state index is 1.11. The van der Waals surface area contributed by atoms with Crippen LogP contribution in [0.4, 0.5) is 17.1 Å². The van der Waals surface area contributed by atoms with Gasteiger partial charge in [-0.1, -0.05) is 133 Å². The van der Waals surface area contributed by atoms with Crippen LogP contribution in [0, 0.1) is 0 Å². The molecule has 0 unspecified atom stereocenters. The van der Waals surface area contributed by atoms with Crippen LogP contribution in [0.15, 0.2) is 206 Å². The van der Waals surface area contributed by atoms with E-state index < -0.39 is 0 Å². The Morgan fingerprint density at radius 1 is 0.345 bits per heavy atom. The summed E-state index contributed by atoms with van der Waals surface area (Å²) < 4.78 is 5.10. The number of nitrogens with zero attached hydrogens (tertiary/aromatic N) is 2. The van der Waals surface area contributed by atoms with Gasteiger partial charge in [0.15, 0.2) is 0 Å². The Hall–Kier alpha value is -6.94. The van der Waals surface area contributed by atoms with Crippen molar-refractivity contribution in [1.82, 2.24) is 4.57 Å². The standard InChI is InChI=1S/C52H34N2S/c1-3-12-40(13-4-1)53(42-26-19-35(20-27-42)38-25-32-51-48(33-38)46-17-9-10-18-50(46)55-51)43-28-21-36(22-29-43)39-24-30-45-47-31-23-37-11-7-8-16-44(37)52(47)54(49(45)34-39)41-14-5-2-6-15-41/h1-34H. The smallest absolute Gasteiger partial charge is 0.0619 e. The van der Waals surface area contributed by atoms with Crippen molar-refractivity contribution >= 4 is 81.1 Å². The highest BCUT2D eigenvalue weighted by molar-refractivity contribution is 7.25. The van der Waals surface area contributed by atoms with Gasteiger partial charge >= 0.3 is 0 Å². The quantitative estimate of drug-likeness (QED) is 0.166. The first kappa shape index (κ1) is 31.6. The lowest BCUT2D eigenvalue weighted by atomic mass is 10.0. The van der Waals surface area contributed by atoms with Gasteiger partial charge in [-0.3, -0.25) is 0 Å². The Balaban J connectivity index is 0.979. The molecule has 9 aromatic carbocycles. The van der Waals surface area contributed by atoms with Gasteiger partial charge in [-0.2, -0.15) is 0 Å². The van der Waals surface area contributed by atoms with E-state index in [-0.39, 0.29) is 0 Å². The molecular weight excluding hydrogens is 685 g/mol. The average Bonchev–Trinajstić information content (AvgIpc) is 3.80. The maximum absolute atomic E-state index is 2.44. The maximum Gasteiger partial charge on any atom is 0.0619 e. The Bertz CT molecular complexity index is 3180. The second-order valence-electron chi connectivity index (χ2n) is 14.2. The predicted octanol–water partition coefficient (Wildman–Crippen LogP) is 15.1. The number of anilines is 3. The molecule has 0 saturated carbocycles. The van der Waals surface area contributed by atoms with Crippen molar-refractivity contribution in [1.29, 1.82) is 0 Å². The van der Waals surface area contributed by atoms with Crippen molar-refractivity contribution in [3.05, 3.63) is 206 Å². The number of hydrogen-bond donors (Lipinski definition) is 0. The molecule has 0 radical (unpaired) electrons. The van der Waals surface area contributed by atoms with E-state index in [4.69, 9.17) is 0 Å². The van der Waals surface area contributed by atoms with Gasteiger partial charge in [0.1, 0.15) is 0 Å². The summed E-state index contributed by atoms with van der Waals surface area (Å²) in [5.41, 5.74) is 11.8. The number of para-hydroxylation sites is 2. The van der Waals surface area contributed by atoms with Crippen LogP contribution in [-0.2, 0) is 0 Å². The van der Waals surface area contributed by atoms with Crippen LogP contribution in [0.5, 0.6) is 0 Å². The molecule has 0 spiro atoms. The molecule has 11 aromatic rings. The number of benzene rings is 9. The summed E-state index contributed by atoms with van der Waals surface area (Å²) in [5, 5.41) is 7.68. The maximum atomic E-state index is 2.44. The van der Waals surface area contributed by atoms with Gasteiger partial charge in [0.2, 0.25) is 0 Å². The predicted molar refractivity (Wildman–Crippen MR) is 237 cm³/mol. The molecule has 0 aliphatic heterocycles. The van der Waals surface area contributed by atoms with E-state index in [1.54, 1.807) is 0 Å². The Kier molecular flexibility index (Phi) is 7.39. The van der Waals surface area contributed by atoms with Gasteiger partial charge in [-0.25, -0.2) is 0 Å². The van der Waals surface area contributed by atoms with E-state index in [0.29, 0.717) is 0 Å². The fraction of sp³-hybridized carbons (Fsp3) is 0. The third-order valence-corrected chi connectivity index (χ3v) is 12.1. The fourth-order valence-corrected chi connectivity index (χ4v) is 9.43. The van der Waals surface area contributed by atoms with Gasteiger partial charge in [-0.05, 0) is 100 Å². The lowest BCUT2D eigenvalue weighted by Gasteiger charge is -2.26. The topological polar surface area (TPSA) is 8.17 Å². The molecule has 2 heterocycles. The molecule has 0 fully saturated rings.